The van der Waals surface area contributed by atoms with Crippen LogP contribution in [0.5, 0.6) is 0 Å². The SMILES string of the molecule is O=C(OC[C@H]1CCC[C@H]2c3cc(Cl)ccc3S(=O)(=O)N12)N1CCC(N2CCOCC2)CC1. The molecule has 3 fully saturated rings. The zero-order valence-corrected chi connectivity index (χ0v) is 19.7. The van der Waals surface area contributed by atoms with Crippen molar-refractivity contribution in [2.75, 3.05) is 46.0 Å². The van der Waals surface area contributed by atoms with Crippen molar-refractivity contribution >= 4 is 27.7 Å². The van der Waals surface area contributed by atoms with Crippen LogP contribution in [0.1, 0.15) is 43.7 Å². The van der Waals surface area contributed by atoms with E-state index in [4.69, 9.17) is 21.1 Å². The number of amides is 1. The average molecular weight is 484 g/mol. The molecule has 8 nitrogen and oxygen atoms in total. The molecular weight excluding hydrogens is 454 g/mol. The largest absolute Gasteiger partial charge is 0.448 e. The average Bonchev–Trinajstić information content (AvgIpc) is 3.05. The maximum atomic E-state index is 13.2. The molecule has 4 heterocycles. The second-order valence-corrected chi connectivity index (χ2v) is 11.3. The minimum absolute atomic E-state index is 0.0830. The van der Waals surface area contributed by atoms with Crippen molar-refractivity contribution in [2.24, 2.45) is 0 Å². The standard InChI is InChI=1S/C22H30ClN3O5S/c23-16-4-5-21-19(14-16)20-3-1-2-18(26(20)32(21,28)29)15-31-22(27)25-8-6-17(7-9-25)24-10-12-30-13-11-24/h4-5,14,17-18,20H,1-3,6-13,15H2/t18-,20+/m1/s1. The highest BCUT2D eigenvalue weighted by Crippen LogP contribution is 2.47. The van der Waals surface area contributed by atoms with Gasteiger partial charge in [0.15, 0.2) is 0 Å². The number of ether oxygens (including phenoxy) is 2. The van der Waals surface area contributed by atoms with Crippen LogP contribution in [0.4, 0.5) is 4.79 Å². The summed E-state index contributed by atoms with van der Waals surface area (Å²) in [5.41, 5.74) is 0.763. The van der Waals surface area contributed by atoms with Gasteiger partial charge in [-0.3, -0.25) is 4.90 Å². The summed E-state index contributed by atoms with van der Waals surface area (Å²) in [7, 11) is -3.61. The second kappa shape index (κ2) is 9.10. The molecular formula is C22H30ClN3O5S. The Morgan fingerprint density at radius 1 is 1.09 bits per heavy atom. The van der Waals surface area contributed by atoms with E-state index in [0.717, 1.165) is 57.6 Å². The summed E-state index contributed by atoms with van der Waals surface area (Å²) >= 11 is 6.14. The molecule has 3 saturated heterocycles. The number of nitrogens with zero attached hydrogens (tertiary/aromatic N) is 3. The first-order valence-electron chi connectivity index (χ1n) is 11.5. The first kappa shape index (κ1) is 22.4. The van der Waals surface area contributed by atoms with E-state index in [1.807, 2.05) is 0 Å². The van der Waals surface area contributed by atoms with Crippen molar-refractivity contribution in [3.63, 3.8) is 0 Å². The highest BCUT2D eigenvalue weighted by molar-refractivity contribution is 7.89. The van der Waals surface area contributed by atoms with Gasteiger partial charge < -0.3 is 14.4 Å². The van der Waals surface area contributed by atoms with E-state index in [2.05, 4.69) is 4.90 Å². The Hall–Kier alpha value is -1.39. The van der Waals surface area contributed by atoms with Crippen molar-refractivity contribution in [3.05, 3.63) is 28.8 Å². The molecule has 32 heavy (non-hydrogen) atoms. The molecule has 4 aliphatic rings. The number of fused-ring (bicyclic) bond motifs is 3. The molecule has 0 N–H and O–H groups in total. The fraction of sp³-hybridized carbons (Fsp3) is 0.682. The lowest BCUT2D eigenvalue weighted by Crippen LogP contribution is -2.50. The van der Waals surface area contributed by atoms with Gasteiger partial charge in [0.1, 0.15) is 6.61 Å². The van der Waals surface area contributed by atoms with Gasteiger partial charge in [-0.15, -0.1) is 0 Å². The third-order valence-electron chi connectivity index (χ3n) is 7.25. The number of benzene rings is 1. The molecule has 4 aliphatic heterocycles. The number of morpholine rings is 1. The quantitative estimate of drug-likeness (QED) is 0.657. The molecule has 1 aromatic carbocycles. The van der Waals surface area contributed by atoms with Crippen LogP contribution in [0.3, 0.4) is 0 Å². The molecule has 0 unspecified atom stereocenters. The van der Waals surface area contributed by atoms with E-state index in [0.29, 0.717) is 35.5 Å². The Bertz CT molecular complexity index is 960. The van der Waals surface area contributed by atoms with Gasteiger partial charge in [0.25, 0.3) is 0 Å². The normalized spacial score (nSPS) is 28.8. The Labute approximate surface area is 194 Å². The minimum atomic E-state index is -3.61. The number of halogens is 1. The first-order valence-corrected chi connectivity index (χ1v) is 13.3. The van der Waals surface area contributed by atoms with Crippen LogP contribution in [-0.2, 0) is 19.5 Å². The number of sulfonamides is 1. The third kappa shape index (κ3) is 4.14. The van der Waals surface area contributed by atoms with Crippen LogP contribution >= 0.6 is 11.6 Å². The Morgan fingerprint density at radius 3 is 2.59 bits per heavy atom. The van der Waals surface area contributed by atoms with Crippen molar-refractivity contribution in [1.82, 2.24) is 14.1 Å². The maximum Gasteiger partial charge on any atom is 0.409 e. The molecule has 0 saturated carbocycles. The summed E-state index contributed by atoms with van der Waals surface area (Å²) in [6, 6.07) is 4.88. The first-order chi connectivity index (χ1) is 15.4. The summed E-state index contributed by atoms with van der Waals surface area (Å²) in [6.07, 6.45) is 3.84. The Kier molecular flexibility index (Phi) is 6.37. The smallest absolute Gasteiger partial charge is 0.409 e. The summed E-state index contributed by atoms with van der Waals surface area (Å²) in [5.74, 6) is 0. The van der Waals surface area contributed by atoms with Crippen LogP contribution in [0, 0.1) is 0 Å². The van der Waals surface area contributed by atoms with E-state index < -0.39 is 10.0 Å². The molecule has 10 heteroatoms. The Morgan fingerprint density at radius 2 is 1.84 bits per heavy atom. The van der Waals surface area contributed by atoms with Crippen molar-refractivity contribution in [1.29, 1.82) is 0 Å². The second-order valence-electron chi connectivity index (χ2n) is 9.06. The number of piperidine rings is 2. The number of hydrogen-bond donors (Lipinski definition) is 0. The van der Waals surface area contributed by atoms with Gasteiger partial charge >= 0.3 is 6.09 Å². The summed E-state index contributed by atoms with van der Waals surface area (Å²) < 4.78 is 39.0. The zero-order chi connectivity index (χ0) is 22.3. The summed E-state index contributed by atoms with van der Waals surface area (Å²) in [5, 5.41) is 0.537. The predicted octanol–water partition coefficient (Wildman–Crippen LogP) is 2.87. The van der Waals surface area contributed by atoms with Crippen molar-refractivity contribution in [3.8, 4) is 0 Å². The van der Waals surface area contributed by atoms with Crippen molar-refractivity contribution < 1.29 is 22.7 Å². The molecule has 1 aromatic rings. The molecule has 176 valence electrons. The maximum absolute atomic E-state index is 13.2. The fourth-order valence-electron chi connectivity index (χ4n) is 5.61. The van der Waals surface area contributed by atoms with Gasteiger partial charge in [0.2, 0.25) is 10.0 Å². The number of carbonyl (C=O) groups excluding carboxylic acids is 1. The number of rotatable bonds is 3. The van der Waals surface area contributed by atoms with Crippen LogP contribution in [0.2, 0.25) is 5.02 Å². The fourth-order valence-corrected chi connectivity index (χ4v) is 7.87. The van der Waals surface area contributed by atoms with Gasteiger partial charge in [-0.05, 0) is 55.9 Å². The van der Waals surface area contributed by atoms with E-state index in [9.17, 15) is 13.2 Å². The van der Waals surface area contributed by atoms with Gasteiger partial charge in [-0.25, -0.2) is 13.2 Å². The lowest BCUT2D eigenvalue weighted by atomic mass is 9.94. The third-order valence-corrected chi connectivity index (χ3v) is 9.52. The van der Waals surface area contributed by atoms with Crippen LogP contribution in [-0.4, -0.2) is 86.7 Å². The van der Waals surface area contributed by atoms with Gasteiger partial charge in [0, 0.05) is 37.2 Å². The monoisotopic (exact) mass is 483 g/mol. The number of hydrogen-bond acceptors (Lipinski definition) is 6. The van der Waals surface area contributed by atoms with E-state index in [1.165, 1.54) is 0 Å². The molecule has 1 amide bonds. The van der Waals surface area contributed by atoms with E-state index >= 15 is 0 Å². The lowest BCUT2D eigenvalue weighted by Gasteiger charge is -2.40. The highest BCUT2D eigenvalue weighted by atomic mass is 35.5. The van der Waals surface area contributed by atoms with Crippen molar-refractivity contribution in [2.45, 2.75) is 55.1 Å². The lowest BCUT2D eigenvalue weighted by molar-refractivity contribution is -0.00122. The summed E-state index contributed by atoms with van der Waals surface area (Å²) in [6.45, 7) is 4.88. The van der Waals surface area contributed by atoms with Gasteiger partial charge in [0.05, 0.1) is 30.2 Å². The molecule has 0 bridgehead atoms. The molecule has 5 rings (SSSR count). The highest BCUT2D eigenvalue weighted by Gasteiger charge is 2.48. The molecule has 0 radical (unpaired) electrons. The number of carbonyl (C=O) groups is 1. The van der Waals surface area contributed by atoms with E-state index in [-0.39, 0.29) is 24.8 Å². The summed E-state index contributed by atoms with van der Waals surface area (Å²) in [4.78, 5) is 17.3. The zero-order valence-electron chi connectivity index (χ0n) is 18.1. The van der Waals surface area contributed by atoms with E-state index in [1.54, 1.807) is 27.4 Å². The Balaban J connectivity index is 1.19. The number of likely N-dealkylation sites (tertiary alicyclic amines) is 1. The molecule has 0 aliphatic carbocycles. The molecule has 0 spiro atoms. The molecule has 0 aromatic heterocycles. The van der Waals surface area contributed by atoms with Gasteiger partial charge in [-0.1, -0.05) is 11.6 Å². The molecule has 2 atom stereocenters. The van der Waals surface area contributed by atoms with Crippen LogP contribution < -0.4 is 0 Å². The van der Waals surface area contributed by atoms with Crippen LogP contribution in [0.25, 0.3) is 0 Å². The topological polar surface area (TPSA) is 79.4 Å². The van der Waals surface area contributed by atoms with Crippen LogP contribution in [0.15, 0.2) is 23.1 Å². The predicted molar refractivity (Wildman–Crippen MR) is 119 cm³/mol. The minimum Gasteiger partial charge on any atom is -0.448 e. The van der Waals surface area contributed by atoms with Gasteiger partial charge in [-0.2, -0.15) is 4.31 Å².